The monoisotopic (exact) mass is 233 g/mol. The molecule has 0 radical (unpaired) electrons. The van der Waals surface area contributed by atoms with E-state index in [-0.39, 0.29) is 0 Å². The highest BCUT2D eigenvalue weighted by Gasteiger charge is 2.01. The lowest BCUT2D eigenvalue weighted by molar-refractivity contribution is 1.17. The number of nitrogens with zero attached hydrogens (tertiary/aromatic N) is 1. The minimum Gasteiger partial charge on any atom is -0.193 e. The maximum atomic E-state index is 9.22. The minimum atomic E-state index is 0.693. The van der Waals surface area contributed by atoms with E-state index in [1.807, 2.05) is 48.5 Å². The summed E-state index contributed by atoms with van der Waals surface area (Å²) in [7, 11) is 0. The predicted molar refractivity (Wildman–Crippen MR) is 74.9 cm³/mol. The molecule has 18 heavy (non-hydrogen) atoms. The highest BCUT2D eigenvalue weighted by atomic mass is 14.2. The molecule has 0 bridgehead atoms. The second-order valence-electron chi connectivity index (χ2n) is 4.30. The molecule has 0 aliphatic rings. The lowest BCUT2D eigenvalue weighted by Crippen LogP contribution is -1.91. The van der Waals surface area contributed by atoms with E-state index in [4.69, 9.17) is 0 Å². The lowest BCUT2D eigenvalue weighted by atomic mass is 10.00. The fraction of sp³-hybridized carbons (Fsp3) is 0.118. The zero-order valence-corrected chi connectivity index (χ0v) is 10.4. The van der Waals surface area contributed by atoms with Crippen LogP contribution in [0.2, 0.25) is 0 Å². The summed E-state index contributed by atoms with van der Waals surface area (Å²) in [6, 6.07) is 20.4. The van der Waals surface area contributed by atoms with Crippen molar-refractivity contribution >= 4 is 6.08 Å². The smallest absolute Gasteiger partial charge is 0.0950 e. The van der Waals surface area contributed by atoms with Crippen LogP contribution in [-0.2, 0) is 6.42 Å². The first-order valence-electron chi connectivity index (χ1n) is 6.00. The van der Waals surface area contributed by atoms with Crippen LogP contribution in [-0.4, -0.2) is 0 Å². The molecular weight excluding hydrogens is 218 g/mol. The molecule has 1 heteroatoms. The highest BCUT2D eigenvalue weighted by Crippen LogP contribution is 2.15. The van der Waals surface area contributed by atoms with Crippen LogP contribution in [0.5, 0.6) is 0 Å². The van der Waals surface area contributed by atoms with Crippen molar-refractivity contribution in [3.63, 3.8) is 0 Å². The molecule has 0 aliphatic heterocycles. The Balaban J connectivity index is 2.24. The maximum absolute atomic E-state index is 9.22. The second-order valence-corrected chi connectivity index (χ2v) is 4.30. The van der Waals surface area contributed by atoms with Gasteiger partial charge >= 0.3 is 0 Å². The Labute approximate surface area is 108 Å². The number of nitriles is 1. The summed E-state index contributed by atoms with van der Waals surface area (Å²) in [5.74, 6) is 0. The van der Waals surface area contributed by atoms with Gasteiger partial charge in [0.15, 0.2) is 0 Å². The van der Waals surface area contributed by atoms with E-state index in [1.165, 1.54) is 11.1 Å². The van der Waals surface area contributed by atoms with Crippen LogP contribution in [0.4, 0.5) is 0 Å². The number of rotatable bonds is 3. The van der Waals surface area contributed by atoms with Crippen molar-refractivity contribution in [1.82, 2.24) is 0 Å². The van der Waals surface area contributed by atoms with Gasteiger partial charge < -0.3 is 0 Å². The Hall–Kier alpha value is -2.33. The zero-order chi connectivity index (χ0) is 12.8. The second kappa shape index (κ2) is 5.84. The standard InChI is InChI=1S/C17H15N/c1-14-7-5-6-10-17(14)12-16(13-18)11-15-8-3-2-4-9-15/h2-11H,12H2,1H3/b16-11-. The van der Waals surface area contributed by atoms with Gasteiger partial charge in [-0.05, 0) is 29.7 Å². The molecule has 0 saturated heterocycles. The molecule has 0 unspecified atom stereocenters. The molecule has 2 aromatic carbocycles. The van der Waals surface area contributed by atoms with Gasteiger partial charge in [0.05, 0.1) is 6.07 Å². The largest absolute Gasteiger partial charge is 0.193 e. The van der Waals surface area contributed by atoms with E-state index in [1.54, 1.807) is 0 Å². The molecule has 0 atom stereocenters. The zero-order valence-electron chi connectivity index (χ0n) is 10.4. The van der Waals surface area contributed by atoms with Crippen LogP contribution in [0.15, 0.2) is 60.2 Å². The molecule has 0 fully saturated rings. The van der Waals surface area contributed by atoms with E-state index in [0.717, 1.165) is 11.1 Å². The van der Waals surface area contributed by atoms with Gasteiger partial charge in [-0.3, -0.25) is 0 Å². The van der Waals surface area contributed by atoms with Crippen molar-refractivity contribution in [3.8, 4) is 6.07 Å². The van der Waals surface area contributed by atoms with Crippen molar-refractivity contribution in [1.29, 1.82) is 5.26 Å². The van der Waals surface area contributed by atoms with E-state index in [2.05, 4.69) is 25.1 Å². The molecular formula is C17H15N. The van der Waals surface area contributed by atoms with Crippen LogP contribution in [0.1, 0.15) is 16.7 Å². The SMILES string of the molecule is Cc1ccccc1C/C(C#N)=C/c1ccccc1. The van der Waals surface area contributed by atoms with Gasteiger partial charge in [0, 0.05) is 12.0 Å². The first-order valence-corrected chi connectivity index (χ1v) is 6.00. The predicted octanol–water partition coefficient (Wildman–Crippen LogP) is 4.14. The van der Waals surface area contributed by atoms with Gasteiger partial charge in [0.2, 0.25) is 0 Å². The number of benzene rings is 2. The quantitative estimate of drug-likeness (QED) is 0.731. The Morgan fingerprint density at radius 2 is 1.72 bits per heavy atom. The normalized spacial score (nSPS) is 11.0. The average molecular weight is 233 g/mol. The van der Waals surface area contributed by atoms with Crippen LogP contribution >= 0.6 is 0 Å². The first kappa shape index (κ1) is 12.1. The molecule has 0 spiro atoms. The summed E-state index contributed by atoms with van der Waals surface area (Å²) in [5.41, 5.74) is 4.30. The van der Waals surface area contributed by atoms with E-state index < -0.39 is 0 Å². The van der Waals surface area contributed by atoms with Crippen molar-refractivity contribution in [3.05, 3.63) is 76.9 Å². The Kier molecular flexibility index (Phi) is 3.94. The maximum Gasteiger partial charge on any atom is 0.0950 e. The fourth-order valence-corrected chi connectivity index (χ4v) is 1.89. The fourth-order valence-electron chi connectivity index (χ4n) is 1.89. The number of allylic oxidation sites excluding steroid dienone is 1. The van der Waals surface area contributed by atoms with Gasteiger partial charge in [-0.1, -0.05) is 54.6 Å². The van der Waals surface area contributed by atoms with Crippen molar-refractivity contribution < 1.29 is 0 Å². The van der Waals surface area contributed by atoms with E-state index >= 15 is 0 Å². The van der Waals surface area contributed by atoms with Crippen LogP contribution in [0, 0.1) is 18.3 Å². The third kappa shape index (κ3) is 3.09. The van der Waals surface area contributed by atoms with Crippen LogP contribution in [0.3, 0.4) is 0 Å². The number of hydrogen-bond acceptors (Lipinski definition) is 1. The van der Waals surface area contributed by atoms with Crippen LogP contribution < -0.4 is 0 Å². The van der Waals surface area contributed by atoms with Gasteiger partial charge in [-0.2, -0.15) is 5.26 Å². The number of hydrogen-bond donors (Lipinski definition) is 0. The molecule has 1 nitrogen and oxygen atoms in total. The number of aryl methyl sites for hydroxylation is 1. The third-order valence-electron chi connectivity index (χ3n) is 2.93. The Morgan fingerprint density at radius 3 is 2.39 bits per heavy atom. The first-order chi connectivity index (χ1) is 8.79. The summed E-state index contributed by atoms with van der Waals surface area (Å²) >= 11 is 0. The van der Waals surface area contributed by atoms with Gasteiger partial charge in [-0.15, -0.1) is 0 Å². The van der Waals surface area contributed by atoms with Gasteiger partial charge in [0.25, 0.3) is 0 Å². The lowest BCUT2D eigenvalue weighted by Gasteiger charge is -2.04. The molecule has 0 heterocycles. The van der Waals surface area contributed by atoms with Gasteiger partial charge in [0.1, 0.15) is 0 Å². The molecule has 0 aromatic heterocycles. The van der Waals surface area contributed by atoms with E-state index in [9.17, 15) is 5.26 Å². The minimum absolute atomic E-state index is 0.693. The summed E-state index contributed by atoms with van der Waals surface area (Å²) < 4.78 is 0. The highest BCUT2D eigenvalue weighted by molar-refractivity contribution is 5.58. The molecule has 88 valence electrons. The Morgan fingerprint density at radius 1 is 1.06 bits per heavy atom. The van der Waals surface area contributed by atoms with Crippen molar-refractivity contribution in [2.45, 2.75) is 13.3 Å². The molecule has 0 N–H and O–H groups in total. The topological polar surface area (TPSA) is 23.8 Å². The van der Waals surface area contributed by atoms with Crippen LogP contribution in [0.25, 0.3) is 6.08 Å². The van der Waals surface area contributed by atoms with E-state index in [0.29, 0.717) is 6.42 Å². The van der Waals surface area contributed by atoms with Gasteiger partial charge in [-0.25, -0.2) is 0 Å². The average Bonchev–Trinajstić information content (AvgIpc) is 2.41. The summed E-state index contributed by atoms with van der Waals surface area (Å²) in [5, 5.41) is 9.22. The Bertz CT molecular complexity index is 589. The summed E-state index contributed by atoms with van der Waals surface area (Å²) in [6.45, 7) is 2.08. The van der Waals surface area contributed by atoms with Crippen molar-refractivity contribution in [2.75, 3.05) is 0 Å². The molecule has 0 aliphatic carbocycles. The molecule has 0 amide bonds. The molecule has 2 rings (SSSR count). The third-order valence-corrected chi connectivity index (χ3v) is 2.93. The molecule has 2 aromatic rings. The summed E-state index contributed by atoms with van der Waals surface area (Å²) in [4.78, 5) is 0. The molecule has 0 saturated carbocycles. The van der Waals surface area contributed by atoms with Crippen molar-refractivity contribution in [2.24, 2.45) is 0 Å². The summed E-state index contributed by atoms with van der Waals surface area (Å²) in [6.07, 6.45) is 2.64.